The summed E-state index contributed by atoms with van der Waals surface area (Å²) in [7, 11) is 5.24. The van der Waals surface area contributed by atoms with Crippen LogP contribution in [0.25, 0.3) is 0 Å². The van der Waals surface area contributed by atoms with E-state index in [2.05, 4.69) is 5.32 Å². The van der Waals surface area contributed by atoms with Crippen molar-refractivity contribution < 1.29 is 19.2 Å². The van der Waals surface area contributed by atoms with E-state index in [1.165, 1.54) is 0 Å². The molecule has 0 saturated carbocycles. The first-order chi connectivity index (χ1) is 12.3. The number of likely N-dealkylation sites (N-methyl/N-ethyl adjacent to an activating group) is 1. The van der Waals surface area contributed by atoms with E-state index in [9.17, 15) is 4.79 Å². The second kappa shape index (κ2) is 8.92. The van der Waals surface area contributed by atoms with E-state index in [1.54, 1.807) is 26.4 Å². The van der Waals surface area contributed by atoms with E-state index >= 15 is 0 Å². The summed E-state index contributed by atoms with van der Waals surface area (Å²) in [5, 5.41) is 3.51. The number of quaternary nitrogens is 1. The number of hydrogen-bond donors (Lipinski definition) is 2. The first kappa shape index (κ1) is 20.1. The number of halogens is 1. The molecule has 6 heteroatoms. The van der Waals surface area contributed by atoms with Crippen LogP contribution in [0.3, 0.4) is 0 Å². The summed E-state index contributed by atoms with van der Waals surface area (Å²) < 4.78 is 10.7. The van der Waals surface area contributed by atoms with Crippen LogP contribution in [0.5, 0.6) is 11.5 Å². The maximum absolute atomic E-state index is 12.5. The lowest BCUT2D eigenvalue weighted by Gasteiger charge is -2.22. The Hall–Kier alpha value is -2.24. The van der Waals surface area contributed by atoms with Crippen molar-refractivity contribution in [1.82, 2.24) is 0 Å². The fourth-order valence-electron chi connectivity index (χ4n) is 2.71. The average molecular weight is 378 g/mol. The molecule has 0 heterocycles. The van der Waals surface area contributed by atoms with E-state index in [0.717, 1.165) is 16.0 Å². The van der Waals surface area contributed by atoms with E-state index in [0.29, 0.717) is 28.8 Å². The van der Waals surface area contributed by atoms with Gasteiger partial charge in [-0.05, 0) is 49.7 Å². The number of amides is 1. The Bertz CT molecular complexity index is 780. The fourth-order valence-corrected chi connectivity index (χ4v) is 2.90. The van der Waals surface area contributed by atoms with E-state index in [1.807, 2.05) is 45.2 Å². The zero-order chi connectivity index (χ0) is 19.3. The molecule has 2 aromatic carbocycles. The maximum Gasteiger partial charge on any atom is 0.282 e. The van der Waals surface area contributed by atoms with Gasteiger partial charge in [0.05, 0.1) is 21.3 Å². The van der Waals surface area contributed by atoms with Gasteiger partial charge in [0.15, 0.2) is 17.5 Å². The number of aryl methyl sites for hydroxylation is 1. The highest BCUT2D eigenvalue weighted by atomic mass is 35.5. The Balaban J connectivity index is 2.08. The van der Waals surface area contributed by atoms with E-state index in [4.69, 9.17) is 21.1 Å². The number of rotatable bonds is 7. The van der Waals surface area contributed by atoms with Gasteiger partial charge in [-0.15, -0.1) is 0 Å². The van der Waals surface area contributed by atoms with E-state index < -0.39 is 0 Å². The number of carbonyl (C=O) groups is 1. The van der Waals surface area contributed by atoms with Gasteiger partial charge in [-0.25, -0.2) is 0 Å². The topological polar surface area (TPSA) is 52.0 Å². The Labute approximate surface area is 159 Å². The maximum atomic E-state index is 12.5. The van der Waals surface area contributed by atoms with Gasteiger partial charge in [0, 0.05) is 16.3 Å². The van der Waals surface area contributed by atoms with Gasteiger partial charge in [-0.1, -0.05) is 17.7 Å². The normalized spacial score (nSPS) is 13.0. The lowest BCUT2D eigenvalue weighted by Crippen LogP contribution is -3.12. The van der Waals surface area contributed by atoms with Crippen LogP contribution >= 0.6 is 11.6 Å². The molecule has 2 atom stereocenters. The van der Waals surface area contributed by atoms with Gasteiger partial charge in [0.25, 0.3) is 5.91 Å². The van der Waals surface area contributed by atoms with Crippen LogP contribution in [0.15, 0.2) is 36.4 Å². The molecule has 0 aliphatic heterocycles. The molecule has 0 spiro atoms. The largest absolute Gasteiger partial charge is 0.493 e. The first-order valence-electron chi connectivity index (χ1n) is 8.46. The molecule has 0 fully saturated rings. The number of methoxy groups -OCH3 is 2. The third kappa shape index (κ3) is 4.90. The molecule has 2 aromatic rings. The van der Waals surface area contributed by atoms with Crippen LogP contribution in [0, 0.1) is 6.92 Å². The van der Waals surface area contributed by atoms with Crippen LogP contribution in [0.2, 0.25) is 5.02 Å². The molecular formula is C20H26ClN2O3+. The molecule has 0 aliphatic carbocycles. The number of carbonyl (C=O) groups excluding carboxylic acids is 1. The van der Waals surface area contributed by atoms with Crippen molar-refractivity contribution in [1.29, 1.82) is 0 Å². The van der Waals surface area contributed by atoms with Crippen molar-refractivity contribution in [2.24, 2.45) is 0 Å². The Kier molecular flexibility index (Phi) is 6.89. The zero-order valence-corrected chi connectivity index (χ0v) is 16.6. The van der Waals surface area contributed by atoms with Gasteiger partial charge >= 0.3 is 0 Å². The van der Waals surface area contributed by atoms with Crippen LogP contribution in [-0.2, 0) is 11.3 Å². The minimum absolute atomic E-state index is 0.0529. The monoisotopic (exact) mass is 377 g/mol. The summed E-state index contributed by atoms with van der Waals surface area (Å²) in [6.45, 7) is 4.63. The van der Waals surface area contributed by atoms with Gasteiger partial charge in [-0.3, -0.25) is 4.79 Å². The van der Waals surface area contributed by atoms with Gasteiger partial charge in [-0.2, -0.15) is 0 Å². The lowest BCUT2D eigenvalue weighted by molar-refractivity contribution is -0.907. The summed E-state index contributed by atoms with van der Waals surface area (Å²) in [4.78, 5) is 13.6. The molecular weight excluding hydrogens is 352 g/mol. The Morgan fingerprint density at radius 1 is 1.19 bits per heavy atom. The molecule has 0 aromatic heterocycles. The van der Waals surface area contributed by atoms with Crippen molar-refractivity contribution >= 4 is 23.2 Å². The van der Waals surface area contributed by atoms with Gasteiger partial charge < -0.3 is 19.7 Å². The quantitative estimate of drug-likeness (QED) is 0.780. The third-order valence-corrected chi connectivity index (χ3v) is 4.77. The van der Waals surface area contributed by atoms with Crippen LogP contribution in [0.4, 0.5) is 5.69 Å². The predicted molar refractivity (Wildman–Crippen MR) is 104 cm³/mol. The number of benzene rings is 2. The molecule has 5 nitrogen and oxygen atoms in total. The number of nitrogens with one attached hydrogen (secondary N) is 2. The molecule has 140 valence electrons. The second-order valence-corrected chi connectivity index (χ2v) is 6.81. The number of anilines is 1. The minimum Gasteiger partial charge on any atom is -0.493 e. The smallest absolute Gasteiger partial charge is 0.282 e. The summed E-state index contributed by atoms with van der Waals surface area (Å²) in [6, 6.07) is 10.8. The minimum atomic E-state index is -0.235. The first-order valence-corrected chi connectivity index (χ1v) is 8.83. The SMILES string of the molecule is COc1cc(C)c(C[NH+](C)[C@@H](C)C(=O)Nc2cccc(Cl)c2)cc1OC. The van der Waals surface area contributed by atoms with Crippen molar-refractivity contribution in [2.75, 3.05) is 26.6 Å². The summed E-state index contributed by atoms with van der Waals surface area (Å²) in [6.07, 6.45) is 0. The highest BCUT2D eigenvalue weighted by Crippen LogP contribution is 2.29. The van der Waals surface area contributed by atoms with Crippen LogP contribution in [0.1, 0.15) is 18.1 Å². The lowest BCUT2D eigenvalue weighted by atomic mass is 10.1. The third-order valence-electron chi connectivity index (χ3n) is 4.54. The summed E-state index contributed by atoms with van der Waals surface area (Å²) in [5.74, 6) is 1.35. The van der Waals surface area contributed by atoms with Crippen molar-refractivity contribution in [3.8, 4) is 11.5 Å². The molecule has 1 unspecified atom stereocenters. The summed E-state index contributed by atoms with van der Waals surface area (Å²) in [5.41, 5.74) is 2.91. The standard InChI is InChI=1S/C20H25ClN2O3/c1-13-9-18(25-4)19(26-5)10-15(13)12-23(3)14(2)20(24)22-17-8-6-7-16(21)11-17/h6-11,14H,12H2,1-5H3,(H,22,24)/p+1/t14-/m0/s1. The molecule has 2 rings (SSSR count). The van der Waals surface area contributed by atoms with Crippen molar-refractivity contribution in [3.05, 3.63) is 52.5 Å². The molecule has 0 radical (unpaired) electrons. The van der Waals surface area contributed by atoms with Crippen molar-refractivity contribution in [3.63, 3.8) is 0 Å². The highest BCUT2D eigenvalue weighted by molar-refractivity contribution is 6.30. The fraction of sp³-hybridized carbons (Fsp3) is 0.350. The van der Waals surface area contributed by atoms with Crippen molar-refractivity contribution in [2.45, 2.75) is 26.4 Å². The number of ether oxygens (including phenoxy) is 2. The molecule has 1 amide bonds. The predicted octanol–water partition coefficient (Wildman–Crippen LogP) is 2.71. The Morgan fingerprint density at radius 3 is 2.46 bits per heavy atom. The van der Waals surface area contributed by atoms with Crippen LogP contribution < -0.4 is 19.7 Å². The Morgan fingerprint density at radius 2 is 1.85 bits per heavy atom. The molecule has 2 N–H and O–H groups in total. The van der Waals surface area contributed by atoms with E-state index in [-0.39, 0.29) is 11.9 Å². The second-order valence-electron chi connectivity index (χ2n) is 6.38. The molecule has 0 saturated heterocycles. The molecule has 0 aliphatic rings. The zero-order valence-electron chi connectivity index (χ0n) is 15.9. The average Bonchev–Trinajstić information content (AvgIpc) is 2.62. The highest BCUT2D eigenvalue weighted by Gasteiger charge is 2.23. The molecule has 26 heavy (non-hydrogen) atoms. The van der Waals surface area contributed by atoms with Gasteiger partial charge in [0.2, 0.25) is 0 Å². The van der Waals surface area contributed by atoms with Gasteiger partial charge in [0.1, 0.15) is 6.54 Å². The van der Waals surface area contributed by atoms with Crippen LogP contribution in [-0.4, -0.2) is 33.2 Å². The number of hydrogen-bond acceptors (Lipinski definition) is 3. The summed E-state index contributed by atoms with van der Waals surface area (Å²) >= 11 is 5.97. The molecule has 0 bridgehead atoms.